The first-order chi connectivity index (χ1) is 6.33. The Kier molecular flexibility index (Phi) is 2.53. The quantitative estimate of drug-likeness (QED) is 0.898. The number of halogens is 1. The molecule has 2 aromatic rings. The van der Waals surface area contributed by atoms with Crippen molar-refractivity contribution >= 4 is 27.3 Å². The van der Waals surface area contributed by atoms with Gasteiger partial charge in [0.2, 0.25) is 0 Å². The van der Waals surface area contributed by atoms with Crippen LogP contribution in [0.1, 0.15) is 5.76 Å². The Labute approximate surface area is 88.5 Å². The van der Waals surface area contributed by atoms with Crippen LogP contribution in [0.5, 0.6) is 0 Å². The Balaban J connectivity index is 2.52. The Bertz CT molecular complexity index is 407. The standard InChI is InChI=1S/C9H8BrNOS/c10-8-5-13-4-7(8)6-1-2-12-9(6)3-11/h1-2,4-5H,3,11H2. The molecule has 0 saturated carbocycles. The van der Waals surface area contributed by atoms with Gasteiger partial charge in [-0.05, 0) is 27.4 Å². The summed E-state index contributed by atoms with van der Waals surface area (Å²) in [6.07, 6.45) is 1.67. The normalized spacial score (nSPS) is 10.6. The molecule has 0 atom stereocenters. The van der Waals surface area contributed by atoms with Crippen LogP contribution in [0.4, 0.5) is 0 Å². The molecule has 0 fully saturated rings. The first-order valence-corrected chi connectivity index (χ1v) is 5.55. The highest BCUT2D eigenvalue weighted by atomic mass is 79.9. The van der Waals surface area contributed by atoms with E-state index in [1.54, 1.807) is 17.6 Å². The van der Waals surface area contributed by atoms with E-state index in [9.17, 15) is 0 Å². The lowest BCUT2D eigenvalue weighted by Crippen LogP contribution is -1.95. The minimum absolute atomic E-state index is 0.435. The zero-order valence-corrected chi connectivity index (χ0v) is 9.19. The van der Waals surface area contributed by atoms with Crippen molar-refractivity contribution in [1.29, 1.82) is 0 Å². The number of nitrogens with two attached hydrogens (primary N) is 1. The summed E-state index contributed by atoms with van der Waals surface area (Å²) >= 11 is 5.13. The lowest BCUT2D eigenvalue weighted by Gasteiger charge is -1.97. The van der Waals surface area contributed by atoms with Crippen LogP contribution >= 0.6 is 27.3 Å². The number of thiophene rings is 1. The van der Waals surface area contributed by atoms with Gasteiger partial charge in [0.1, 0.15) is 5.76 Å². The zero-order valence-electron chi connectivity index (χ0n) is 6.79. The van der Waals surface area contributed by atoms with Crippen LogP contribution in [0.15, 0.2) is 32.0 Å². The van der Waals surface area contributed by atoms with E-state index in [0.717, 1.165) is 21.4 Å². The average Bonchev–Trinajstić information content (AvgIpc) is 2.71. The van der Waals surface area contributed by atoms with Crippen molar-refractivity contribution in [2.45, 2.75) is 6.54 Å². The monoisotopic (exact) mass is 257 g/mol. The van der Waals surface area contributed by atoms with E-state index in [-0.39, 0.29) is 0 Å². The summed E-state index contributed by atoms with van der Waals surface area (Å²) in [5.74, 6) is 0.833. The van der Waals surface area contributed by atoms with E-state index in [2.05, 4.69) is 21.3 Å². The molecular formula is C9H8BrNOS. The highest BCUT2D eigenvalue weighted by Gasteiger charge is 2.10. The fourth-order valence-corrected chi connectivity index (χ4v) is 2.72. The molecule has 4 heteroatoms. The molecule has 2 nitrogen and oxygen atoms in total. The summed E-state index contributed by atoms with van der Waals surface area (Å²) in [4.78, 5) is 0. The Hall–Kier alpha value is -0.580. The Morgan fingerprint density at radius 3 is 2.85 bits per heavy atom. The van der Waals surface area contributed by atoms with Crippen molar-refractivity contribution in [3.8, 4) is 11.1 Å². The number of rotatable bonds is 2. The molecule has 2 aromatic heterocycles. The van der Waals surface area contributed by atoms with Crippen molar-refractivity contribution in [3.63, 3.8) is 0 Å². The molecule has 13 heavy (non-hydrogen) atoms. The third-order valence-corrected chi connectivity index (χ3v) is 3.54. The third kappa shape index (κ3) is 1.57. The molecule has 0 bridgehead atoms. The van der Waals surface area contributed by atoms with Crippen molar-refractivity contribution in [1.82, 2.24) is 0 Å². The predicted molar refractivity (Wildman–Crippen MR) is 57.6 cm³/mol. The van der Waals surface area contributed by atoms with Crippen LogP contribution in [-0.4, -0.2) is 0 Å². The van der Waals surface area contributed by atoms with Gasteiger partial charge in [0.25, 0.3) is 0 Å². The van der Waals surface area contributed by atoms with Gasteiger partial charge in [0.05, 0.1) is 12.8 Å². The summed E-state index contributed by atoms with van der Waals surface area (Å²) in [7, 11) is 0. The van der Waals surface area contributed by atoms with E-state index < -0.39 is 0 Å². The van der Waals surface area contributed by atoms with E-state index in [1.165, 1.54) is 0 Å². The SMILES string of the molecule is NCc1occc1-c1cscc1Br. The first-order valence-electron chi connectivity index (χ1n) is 3.81. The van der Waals surface area contributed by atoms with Gasteiger partial charge < -0.3 is 10.2 Å². The van der Waals surface area contributed by atoms with Gasteiger partial charge in [0.15, 0.2) is 0 Å². The maximum atomic E-state index is 5.55. The molecule has 2 rings (SSSR count). The molecule has 68 valence electrons. The van der Waals surface area contributed by atoms with Crippen LogP contribution in [-0.2, 0) is 6.54 Å². The lowest BCUT2D eigenvalue weighted by atomic mass is 10.1. The zero-order chi connectivity index (χ0) is 9.26. The first kappa shape index (κ1) is 8.99. The second-order valence-electron chi connectivity index (χ2n) is 2.59. The van der Waals surface area contributed by atoms with Crippen LogP contribution in [0.25, 0.3) is 11.1 Å². The van der Waals surface area contributed by atoms with Gasteiger partial charge in [-0.2, -0.15) is 11.3 Å². The second-order valence-corrected chi connectivity index (χ2v) is 4.19. The molecule has 0 aromatic carbocycles. The Morgan fingerprint density at radius 2 is 2.23 bits per heavy atom. The van der Waals surface area contributed by atoms with Crippen LogP contribution in [0.3, 0.4) is 0 Å². The highest BCUT2D eigenvalue weighted by molar-refractivity contribution is 9.10. The largest absolute Gasteiger partial charge is 0.467 e. The maximum Gasteiger partial charge on any atom is 0.125 e. The maximum absolute atomic E-state index is 5.55. The molecule has 2 heterocycles. The van der Waals surface area contributed by atoms with Crippen molar-refractivity contribution in [3.05, 3.63) is 33.3 Å². The van der Waals surface area contributed by atoms with Crippen LogP contribution in [0, 0.1) is 0 Å². The Morgan fingerprint density at radius 1 is 1.38 bits per heavy atom. The molecule has 0 aliphatic rings. The predicted octanol–water partition coefficient (Wildman–Crippen LogP) is 3.23. The van der Waals surface area contributed by atoms with E-state index in [1.807, 2.05) is 11.4 Å². The number of furan rings is 1. The molecule has 0 amide bonds. The third-order valence-electron chi connectivity index (χ3n) is 1.84. The second kappa shape index (κ2) is 3.65. The average molecular weight is 258 g/mol. The van der Waals surface area contributed by atoms with Crippen molar-refractivity contribution < 1.29 is 4.42 Å². The van der Waals surface area contributed by atoms with Crippen molar-refractivity contribution in [2.24, 2.45) is 5.73 Å². The molecule has 2 N–H and O–H groups in total. The number of hydrogen-bond donors (Lipinski definition) is 1. The highest BCUT2D eigenvalue weighted by Crippen LogP contribution is 2.34. The minimum Gasteiger partial charge on any atom is -0.467 e. The van der Waals surface area contributed by atoms with E-state index in [4.69, 9.17) is 10.2 Å². The van der Waals surface area contributed by atoms with Gasteiger partial charge in [-0.1, -0.05) is 0 Å². The number of hydrogen-bond acceptors (Lipinski definition) is 3. The summed E-state index contributed by atoms with van der Waals surface area (Å²) in [5.41, 5.74) is 7.78. The fourth-order valence-electron chi connectivity index (χ4n) is 1.21. The molecule has 0 aliphatic carbocycles. The van der Waals surface area contributed by atoms with Crippen LogP contribution in [0.2, 0.25) is 0 Å². The van der Waals surface area contributed by atoms with E-state index in [0.29, 0.717) is 6.54 Å². The summed E-state index contributed by atoms with van der Waals surface area (Å²) < 4.78 is 6.34. The smallest absolute Gasteiger partial charge is 0.125 e. The molecule has 0 saturated heterocycles. The minimum atomic E-state index is 0.435. The molecule has 0 radical (unpaired) electrons. The topological polar surface area (TPSA) is 39.2 Å². The van der Waals surface area contributed by atoms with E-state index >= 15 is 0 Å². The van der Waals surface area contributed by atoms with Crippen molar-refractivity contribution in [2.75, 3.05) is 0 Å². The van der Waals surface area contributed by atoms with Gasteiger partial charge >= 0.3 is 0 Å². The molecule has 0 spiro atoms. The molecule has 0 aliphatic heterocycles. The van der Waals surface area contributed by atoms with Crippen LogP contribution < -0.4 is 5.73 Å². The summed E-state index contributed by atoms with van der Waals surface area (Å²) in [6.45, 7) is 0.435. The molecule has 0 unspecified atom stereocenters. The summed E-state index contributed by atoms with van der Waals surface area (Å²) in [6, 6.07) is 1.94. The van der Waals surface area contributed by atoms with Gasteiger partial charge in [-0.15, -0.1) is 0 Å². The van der Waals surface area contributed by atoms with Gasteiger partial charge in [-0.3, -0.25) is 0 Å². The van der Waals surface area contributed by atoms with Gasteiger partial charge in [-0.25, -0.2) is 0 Å². The lowest BCUT2D eigenvalue weighted by molar-refractivity contribution is 0.513. The fraction of sp³-hybridized carbons (Fsp3) is 0.111. The molecular weight excluding hydrogens is 250 g/mol. The van der Waals surface area contributed by atoms with Gasteiger partial charge in [0, 0.05) is 21.0 Å². The summed E-state index contributed by atoms with van der Waals surface area (Å²) in [5, 5.41) is 4.12.